The zero-order chi connectivity index (χ0) is 12.4. The smallest absolute Gasteiger partial charge is 0.241 e. The van der Waals surface area contributed by atoms with Gasteiger partial charge in [-0.25, -0.2) is 0 Å². The van der Waals surface area contributed by atoms with Crippen molar-refractivity contribution in [2.24, 2.45) is 11.7 Å². The zero-order valence-corrected chi connectivity index (χ0v) is 9.90. The second kappa shape index (κ2) is 4.55. The number of hydrogen-bond acceptors (Lipinski definition) is 3. The van der Waals surface area contributed by atoms with Gasteiger partial charge in [-0.15, -0.1) is 0 Å². The minimum Gasteiger partial charge on any atom is -0.323 e. The monoisotopic (exact) mass is 232 g/mol. The Hall–Kier alpha value is -1.88. The Balaban J connectivity index is 2.24. The van der Waals surface area contributed by atoms with Crippen LogP contribution < -0.4 is 11.1 Å². The van der Waals surface area contributed by atoms with E-state index in [1.165, 1.54) is 0 Å². The van der Waals surface area contributed by atoms with Crippen LogP contribution in [-0.4, -0.2) is 22.1 Å². The molecule has 90 valence electrons. The summed E-state index contributed by atoms with van der Waals surface area (Å²) < 4.78 is 0. The molecule has 1 heterocycles. The number of fused-ring (bicyclic) bond motifs is 1. The van der Waals surface area contributed by atoms with E-state index in [0.717, 1.165) is 10.9 Å². The number of carbonyl (C=O) groups excluding carboxylic acids is 1. The van der Waals surface area contributed by atoms with Gasteiger partial charge in [-0.05, 0) is 12.0 Å². The first-order valence-electron chi connectivity index (χ1n) is 5.58. The molecule has 0 unspecified atom stereocenters. The highest BCUT2D eigenvalue weighted by molar-refractivity contribution is 6.02. The SMILES string of the molecule is CC(C)[C@@H](N)C(=O)Nc1cccc2cn[nH]c12. The minimum atomic E-state index is -0.506. The number of nitrogens with two attached hydrogens (primary N) is 1. The number of benzene rings is 1. The van der Waals surface area contributed by atoms with Crippen LogP contribution in [-0.2, 0) is 4.79 Å². The van der Waals surface area contributed by atoms with Crippen molar-refractivity contribution in [1.29, 1.82) is 0 Å². The third-order valence-corrected chi connectivity index (χ3v) is 2.76. The summed E-state index contributed by atoms with van der Waals surface area (Å²) >= 11 is 0. The number of nitrogens with one attached hydrogen (secondary N) is 2. The lowest BCUT2D eigenvalue weighted by Gasteiger charge is -2.15. The van der Waals surface area contributed by atoms with Crippen molar-refractivity contribution in [1.82, 2.24) is 10.2 Å². The quantitative estimate of drug-likeness (QED) is 0.749. The molecule has 1 amide bonds. The van der Waals surface area contributed by atoms with E-state index < -0.39 is 6.04 Å². The van der Waals surface area contributed by atoms with Crippen molar-refractivity contribution in [3.8, 4) is 0 Å². The summed E-state index contributed by atoms with van der Waals surface area (Å²) in [5.41, 5.74) is 7.32. The maximum absolute atomic E-state index is 11.8. The minimum absolute atomic E-state index is 0.107. The summed E-state index contributed by atoms with van der Waals surface area (Å²) in [5, 5.41) is 10.6. The van der Waals surface area contributed by atoms with Crippen LogP contribution in [0.15, 0.2) is 24.4 Å². The first kappa shape index (κ1) is 11.6. The van der Waals surface area contributed by atoms with E-state index in [4.69, 9.17) is 5.73 Å². The molecule has 4 N–H and O–H groups in total. The molecule has 2 aromatic rings. The molecule has 0 fully saturated rings. The largest absolute Gasteiger partial charge is 0.323 e. The van der Waals surface area contributed by atoms with E-state index in [-0.39, 0.29) is 11.8 Å². The standard InChI is InChI=1S/C12H16N4O/c1-7(2)10(13)12(17)15-9-5-3-4-8-6-14-16-11(8)9/h3-7,10H,13H2,1-2H3,(H,14,16)(H,15,17)/t10-/m1/s1. The van der Waals surface area contributed by atoms with E-state index in [1.807, 2.05) is 32.0 Å². The Labute approximate surface area is 99.4 Å². The predicted octanol–water partition coefficient (Wildman–Crippen LogP) is 1.48. The van der Waals surface area contributed by atoms with Gasteiger partial charge in [-0.3, -0.25) is 9.89 Å². The lowest BCUT2D eigenvalue weighted by molar-refractivity contribution is -0.118. The van der Waals surface area contributed by atoms with Crippen LogP contribution in [0.5, 0.6) is 0 Å². The molecular weight excluding hydrogens is 216 g/mol. The van der Waals surface area contributed by atoms with Crippen LogP contribution in [0, 0.1) is 5.92 Å². The van der Waals surface area contributed by atoms with Gasteiger partial charge in [-0.2, -0.15) is 5.10 Å². The van der Waals surface area contributed by atoms with Gasteiger partial charge >= 0.3 is 0 Å². The van der Waals surface area contributed by atoms with E-state index in [1.54, 1.807) is 6.20 Å². The van der Waals surface area contributed by atoms with Gasteiger partial charge in [0.05, 0.1) is 23.4 Å². The fourth-order valence-electron chi connectivity index (χ4n) is 1.59. The molecular formula is C12H16N4O. The molecule has 0 aliphatic rings. The molecule has 0 aliphatic carbocycles. The van der Waals surface area contributed by atoms with E-state index in [2.05, 4.69) is 15.5 Å². The van der Waals surface area contributed by atoms with Crippen molar-refractivity contribution in [2.75, 3.05) is 5.32 Å². The maximum atomic E-state index is 11.8. The highest BCUT2D eigenvalue weighted by atomic mass is 16.2. The Morgan fingerprint density at radius 3 is 2.94 bits per heavy atom. The number of hydrogen-bond donors (Lipinski definition) is 3. The summed E-state index contributed by atoms with van der Waals surface area (Å²) in [6.45, 7) is 3.84. The highest BCUT2D eigenvalue weighted by Crippen LogP contribution is 2.20. The van der Waals surface area contributed by atoms with Crippen molar-refractivity contribution in [3.63, 3.8) is 0 Å². The molecule has 1 atom stereocenters. The van der Waals surface area contributed by atoms with Gasteiger partial charge in [0.25, 0.3) is 0 Å². The second-order valence-electron chi connectivity index (χ2n) is 4.40. The normalized spacial score (nSPS) is 12.9. The van der Waals surface area contributed by atoms with Gasteiger partial charge in [0.2, 0.25) is 5.91 Å². The zero-order valence-electron chi connectivity index (χ0n) is 9.90. The number of anilines is 1. The fraction of sp³-hybridized carbons (Fsp3) is 0.333. The van der Waals surface area contributed by atoms with Crippen LogP contribution in [0.1, 0.15) is 13.8 Å². The summed E-state index contributed by atoms with van der Waals surface area (Å²) in [6, 6.07) is 5.12. The molecule has 0 aliphatic heterocycles. The van der Waals surface area contributed by atoms with Crippen LogP contribution in [0.3, 0.4) is 0 Å². The Bertz CT molecular complexity index is 532. The number of rotatable bonds is 3. The number of aromatic amines is 1. The van der Waals surface area contributed by atoms with E-state index in [9.17, 15) is 4.79 Å². The molecule has 0 radical (unpaired) electrons. The number of aromatic nitrogens is 2. The van der Waals surface area contributed by atoms with Crippen LogP contribution in [0.25, 0.3) is 10.9 Å². The van der Waals surface area contributed by atoms with Crippen LogP contribution >= 0.6 is 0 Å². The van der Waals surface area contributed by atoms with Gasteiger partial charge in [0.15, 0.2) is 0 Å². The lowest BCUT2D eigenvalue weighted by atomic mass is 10.0. The lowest BCUT2D eigenvalue weighted by Crippen LogP contribution is -2.39. The van der Waals surface area contributed by atoms with E-state index >= 15 is 0 Å². The number of amides is 1. The molecule has 0 saturated carbocycles. The molecule has 5 heteroatoms. The first-order chi connectivity index (χ1) is 8.09. The van der Waals surface area contributed by atoms with Crippen molar-refractivity contribution in [2.45, 2.75) is 19.9 Å². The van der Waals surface area contributed by atoms with Gasteiger partial charge in [-0.1, -0.05) is 26.0 Å². The number of carbonyl (C=O) groups is 1. The summed E-state index contributed by atoms with van der Waals surface area (Å²) in [4.78, 5) is 11.8. The van der Waals surface area contributed by atoms with Gasteiger partial charge < -0.3 is 11.1 Å². The predicted molar refractivity (Wildman–Crippen MR) is 67.5 cm³/mol. The second-order valence-corrected chi connectivity index (χ2v) is 4.40. The van der Waals surface area contributed by atoms with Crippen molar-refractivity contribution >= 4 is 22.5 Å². The fourth-order valence-corrected chi connectivity index (χ4v) is 1.59. The van der Waals surface area contributed by atoms with Crippen LogP contribution in [0.2, 0.25) is 0 Å². The molecule has 1 aromatic carbocycles. The number of H-pyrrole nitrogens is 1. The molecule has 1 aromatic heterocycles. The summed E-state index contributed by atoms with van der Waals surface area (Å²) in [5.74, 6) is -0.0712. The molecule has 17 heavy (non-hydrogen) atoms. The van der Waals surface area contributed by atoms with Crippen molar-refractivity contribution in [3.05, 3.63) is 24.4 Å². The highest BCUT2D eigenvalue weighted by Gasteiger charge is 2.18. The third kappa shape index (κ3) is 2.29. The van der Waals surface area contributed by atoms with Gasteiger partial charge in [0.1, 0.15) is 0 Å². The molecule has 5 nitrogen and oxygen atoms in total. The average molecular weight is 232 g/mol. The van der Waals surface area contributed by atoms with Gasteiger partial charge in [0, 0.05) is 5.39 Å². The molecule has 0 spiro atoms. The molecule has 0 saturated heterocycles. The molecule has 2 rings (SSSR count). The third-order valence-electron chi connectivity index (χ3n) is 2.76. The number of nitrogens with zero attached hydrogens (tertiary/aromatic N) is 1. The van der Waals surface area contributed by atoms with Crippen molar-refractivity contribution < 1.29 is 4.79 Å². The topological polar surface area (TPSA) is 83.8 Å². The summed E-state index contributed by atoms with van der Waals surface area (Å²) in [6.07, 6.45) is 1.72. The Kier molecular flexibility index (Phi) is 3.10. The molecule has 0 bridgehead atoms. The van der Waals surface area contributed by atoms with E-state index in [0.29, 0.717) is 5.69 Å². The first-order valence-corrected chi connectivity index (χ1v) is 5.58. The maximum Gasteiger partial charge on any atom is 0.241 e. The Morgan fingerprint density at radius 1 is 1.47 bits per heavy atom. The number of para-hydroxylation sites is 1. The van der Waals surface area contributed by atoms with Crippen LogP contribution in [0.4, 0.5) is 5.69 Å². The average Bonchev–Trinajstić information content (AvgIpc) is 2.76. The Morgan fingerprint density at radius 2 is 2.24 bits per heavy atom. The summed E-state index contributed by atoms with van der Waals surface area (Å²) in [7, 11) is 0.